The molecule has 0 atom stereocenters. The number of allylic oxidation sites excluding steroid dienone is 4. The van der Waals surface area contributed by atoms with E-state index in [4.69, 9.17) is 0 Å². The smallest absolute Gasteiger partial charge is 0.264 e. The largest absolute Gasteiger partial charge is 1.00 e. The van der Waals surface area contributed by atoms with Gasteiger partial charge in [0, 0.05) is 0 Å². The molecule has 0 N–H and O–H groups in total. The van der Waals surface area contributed by atoms with Gasteiger partial charge in [-0.1, -0.05) is 89.4 Å². The van der Waals surface area contributed by atoms with Gasteiger partial charge in [-0.15, -0.1) is 6.42 Å². The fourth-order valence-corrected chi connectivity index (χ4v) is 4.98. The van der Waals surface area contributed by atoms with Crippen LogP contribution in [0, 0.1) is 11.5 Å². The van der Waals surface area contributed by atoms with Gasteiger partial charge in [-0.3, -0.25) is 6.08 Å². The van der Waals surface area contributed by atoms with Crippen molar-refractivity contribution in [3.8, 4) is 0 Å². The van der Waals surface area contributed by atoms with Gasteiger partial charge in [-0.25, -0.2) is 6.08 Å². The maximum Gasteiger partial charge on any atom is 1.00 e. The average molecular weight is 312 g/mol. The van der Waals surface area contributed by atoms with Gasteiger partial charge >= 0.3 is 18.9 Å². The molecule has 0 heterocycles. The maximum atomic E-state index is 3.66. The van der Waals surface area contributed by atoms with E-state index >= 15 is 0 Å². The SMILES string of the molecule is CC(C)(C)C1=CC(P(c2ccccc2)c2ccccc2)=[C-]C1.[Li+]. The summed E-state index contributed by atoms with van der Waals surface area (Å²) in [5.41, 5.74) is 1.71. The molecule has 23 heavy (non-hydrogen) atoms. The molecule has 3 rings (SSSR count). The van der Waals surface area contributed by atoms with Gasteiger partial charge in [-0.2, -0.15) is 10.9 Å². The zero-order chi connectivity index (χ0) is 15.6. The van der Waals surface area contributed by atoms with Crippen molar-refractivity contribution in [3.05, 3.63) is 83.7 Å². The fourth-order valence-electron chi connectivity index (χ4n) is 2.66. The molecule has 2 aromatic carbocycles. The van der Waals surface area contributed by atoms with Crippen molar-refractivity contribution in [2.45, 2.75) is 27.2 Å². The van der Waals surface area contributed by atoms with Crippen LogP contribution in [-0.4, -0.2) is 0 Å². The Morgan fingerprint density at radius 3 is 1.70 bits per heavy atom. The van der Waals surface area contributed by atoms with E-state index in [1.165, 1.54) is 21.5 Å². The van der Waals surface area contributed by atoms with Crippen LogP contribution in [0.2, 0.25) is 0 Å². The molecule has 0 saturated heterocycles. The molecule has 2 heteroatoms. The number of hydrogen-bond acceptors (Lipinski definition) is 0. The minimum atomic E-state index is -0.497. The Labute approximate surface area is 153 Å². The third-order valence-electron chi connectivity index (χ3n) is 4.00. The Hall–Kier alpha value is -1.05. The Morgan fingerprint density at radius 1 is 0.826 bits per heavy atom. The molecule has 0 spiro atoms. The van der Waals surface area contributed by atoms with Crippen molar-refractivity contribution in [1.82, 2.24) is 0 Å². The summed E-state index contributed by atoms with van der Waals surface area (Å²) >= 11 is 0. The molecule has 112 valence electrons. The molecule has 2 aromatic rings. The molecule has 0 radical (unpaired) electrons. The monoisotopic (exact) mass is 312 g/mol. The van der Waals surface area contributed by atoms with Crippen LogP contribution in [0.25, 0.3) is 0 Å². The third kappa shape index (κ3) is 4.27. The summed E-state index contributed by atoms with van der Waals surface area (Å²) in [5.74, 6) is 0. The quantitative estimate of drug-likeness (QED) is 0.463. The van der Waals surface area contributed by atoms with Crippen LogP contribution < -0.4 is 29.5 Å². The first kappa shape index (κ1) is 18.3. The van der Waals surface area contributed by atoms with Crippen molar-refractivity contribution in [2.75, 3.05) is 0 Å². The fraction of sp³-hybridized carbons (Fsp3) is 0.238. The summed E-state index contributed by atoms with van der Waals surface area (Å²) in [7, 11) is -0.497. The molecule has 0 amide bonds. The molecule has 0 bridgehead atoms. The summed E-state index contributed by atoms with van der Waals surface area (Å²) < 4.78 is 0. The van der Waals surface area contributed by atoms with Gasteiger partial charge in [0.1, 0.15) is 0 Å². The van der Waals surface area contributed by atoms with Crippen molar-refractivity contribution in [2.24, 2.45) is 5.41 Å². The minimum Gasteiger partial charge on any atom is -0.264 e. The van der Waals surface area contributed by atoms with E-state index in [1.807, 2.05) is 0 Å². The molecule has 0 aliphatic heterocycles. The molecule has 0 saturated carbocycles. The molecule has 0 nitrogen and oxygen atoms in total. The van der Waals surface area contributed by atoms with Gasteiger partial charge < -0.3 is 0 Å². The first-order valence-electron chi connectivity index (χ1n) is 7.78. The second kappa shape index (κ2) is 7.68. The van der Waals surface area contributed by atoms with E-state index in [1.54, 1.807) is 0 Å². The first-order valence-corrected chi connectivity index (χ1v) is 9.12. The predicted molar refractivity (Wildman–Crippen MR) is 98.0 cm³/mol. The summed E-state index contributed by atoms with van der Waals surface area (Å²) in [6.07, 6.45) is 7.03. The molecular formula is C21H22LiP. The van der Waals surface area contributed by atoms with Crippen LogP contribution in [0.5, 0.6) is 0 Å². The standard InChI is InChI=1S/C21H22P.Li/c1-21(2,3)17-14-15-20(16-17)22(18-10-6-4-7-11-18)19-12-8-5-9-13-19;/h4-13,16H,14H2,1-3H3;/q-1;+1. The summed E-state index contributed by atoms with van der Waals surface area (Å²) in [6, 6.07) is 21.7. The topological polar surface area (TPSA) is 0 Å². The summed E-state index contributed by atoms with van der Waals surface area (Å²) in [6.45, 7) is 6.87. The van der Waals surface area contributed by atoms with Crippen LogP contribution >= 0.6 is 7.92 Å². The molecular weight excluding hydrogens is 290 g/mol. The van der Waals surface area contributed by atoms with Crippen LogP contribution in [-0.2, 0) is 0 Å². The first-order chi connectivity index (χ1) is 10.6. The zero-order valence-electron chi connectivity index (χ0n) is 14.5. The van der Waals surface area contributed by atoms with Gasteiger partial charge in [0.05, 0.1) is 0 Å². The second-order valence-corrected chi connectivity index (χ2v) is 8.85. The van der Waals surface area contributed by atoms with E-state index in [2.05, 4.69) is 93.6 Å². The predicted octanol–water partition coefficient (Wildman–Crippen LogP) is 2.19. The second-order valence-electron chi connectivity index (χ2n) is 6.66. The molecule has 1 aliphatic rings. The van der Waals surface area contributed by atoms with E-state index in [0.717, 1.165) is 6.42 Å². The van der Waals surface area contributed by atoms with Crippen LogP contribution in [0.3, 0.4) is 0 Å². The molecule has 0 aromatic heterocycles. The minimum absolute atomic E-state index is 0. The maximum absolute atomic E-state index is 3.66. The molecule has 1 aliphatic carbocycles. The number of hydrogen-bond donors (Lipinski definition) is 0. The Morgan fingerprint density at radius 2 is 1.30 bits per heavy atom. The van der Waals surface area contributed by atoms with E-state index in [-0.39, 0.29) is 24.3 Å². The summed E-state index contributed by atoms with van der Waals surface area (Å²) in [5, 5.41) is 4.17. The van der Waals surface area contributed by atoms with E-state index in [9.17, 15) is 0 Å². The Balaban J connectivity index is 0.00000192. The van der Waals surface area contributed by atoms with Gasteiger partial charge in [0.15, 0.2) is 0 Å². The van der Waals surface area contributed by atoms with Gasteiger partial charge in [-0.05, 0) is 16.0 Å². The van der Waals surface area contributed by atoms with Crippen molar-refractivity contribution >= 4 is 18.5 Å². The van der Waals surface area contributed by atoms with Gasteiger partial charge in [0.25, 0.3) is 0 Å². The van der Waals surface area contributed by atoms with Crippen molar-refractivity contribution in [1.29, 1.82) is 0 Å². The average Bonchev–Trinajstić information content (AvgIpc) is 2.99. The van der Waals surface area contributed by atoms with E-state index in [0.29, 0.717) is 0 Å². The van der Waals surface area contributed by atoms with Crippen LogP contribution in [0.15, 0.2) is 77.6 Å². The number of rotatable bonds is 3. The summed E-state index contributed by atoms with van der Waals surface area (Å²) in [4.78, 5) is 0. The van der Waals surface area contributed by atoms with Gasteiger partial charge in [0.2, 0.25) is 0 Å². The molecule has 0 fully saturated rings. The van der Waals surface area contributed by atoms with Crippen molar-refractivity contribution in [3.63, 3.8) is 0 Å². The van der Waals surface area contributed by atoms with E-state index < -0.39 is 7.92 Å². The zero-order valence-corrected chi connectivity index (χ0v) is 15.4. The number of benzene rings is 2. The van der Waals surface area contributed by atoms with Crippen molar-refractivity contribution < 1.29 is 18.9 Å². The Bertz CT molecular complexity index is 654. The van der Waals surface area contributed by atoms with Crippen LogP contribution in [0.1, 0.15) is 27.2 Å². The normalized spacial score (nSPS) is 14.3. The third-order valence-corrected chi connectivity index (χ3v) is 6.40. The molecule has 0 unspecified atom stereocenters. The Kier molecular flexibility index (Phi) is 6.11. The van der Waals surface area contributed by atoms with Crippen LogP contribution in [0.4, 0.5) is 0 Å².